The van der Waals surface area contributed by atoms with Gasteiger partial charge in [0.05, 0.1) is 33.0 Å². The summed E-state index contributed by atoms with van der Waals surface area (Å²) in [5.74, 6) is -0.974. The molecule has 2 amide bonds. The van der Waals surface area contributed by atoms with Crippen molar-refractivity contribution < 1.29 is 52.3 Å². The Morgan fingerprint density at radius 2 is 1.06 bits per heavy atom. The molecule has 1 fully saturated rings. The van der Waals surface area contributed by atoms with Crippen molar-refractivity contribution in [2.75, 3.05) is 19.8 Å². The lowest BCUT2D eigenvalue weighted by Gasteiger charge is -2.46. The monoisotopic (exact) mass is 914 g/mol. The van der Waals surface area contributed by atoms with E-state index in [1.165, 1.54) is 0 Å². The number of rotatable bonds is 18. The van der Waals surface area contributed by atoms with Crippen LogP contribution < -0.4 is 10.6 Å². The molecule has 1 aliphatic heterocycles. The smallest absolute Gasteiger partial charge is 0.408 e. The van der Waals surface area contributed by atoms with E-state index in [4.69, 9.17) is 37.9 Å². The number of fused-ring (bicyclic) bond motifs is 3. The topological polar surface area (TPSA) is 149 Å². The first kappa shape index (κ1) is 48.8. The fourth-order valence-corrected chi connectivity index (χ4v) is 8.09. The average Bonchev–Trinajstić information content (AvgIpc) is 3.62. The van der Waals surface area contributed by atoms with E-state index < -0.39 is 72.7 Å². The second kappa shape index (κ2) is 22.6. The number of carbonyl (C=O) groups excluding carboxylic acids is 3. The number of esters is 1. The highest BCUT2D eigenvalue weighted by Crippen LogP contribution is 2.44. The Morgan fingerprint density at radius 3 is 1.60 bits per heavy atom. The quantitative estimate of drug-likeness (QED) is 0.0640. The maximum Gasteiger partial charge on any atom is 0.408 e. The Morgan fingerprint density at radius 1 is 0.567 bits per heavy atom. The highest BCUT2D eigenvalue weighted by molar-refractivity contribution is 5.82. The summed E-state index contributed by atoms with van der Waals surface area (Å²) in [6.07, 6.45) is -5.55. The van der Waals surface area contributed by atoms with Crippen LogP contribution in [0, 0.1) is 0 Å². The molecule has 6 atom stereocenters. The summed E-state index contributed by atoms with van der Waals surface area (Å²) in [4.78, 5) is 41.2. The zero-order valence-electron chi connectivity index (χ0n) is 39.1. The lowest BCUT2D eigenvalue weighted by molar-refractivity contribution is -0.291. The largest absolute Gasteiger partial charge is 0.458 e. The Bertz CT molecular complexity index is 2320. The van der Waals surface area contributed by atoms with E-state index in [0.29, 0.717) is 0 Å². The summed E-state index contributed by atoms with van der Waals surface area (Å²) in [7, 11) is 0. The maximum atomic E-state index is 14.3. The van der Waals surface area contributed by atoms with Gasteiger partial charge in [-0.25, -0.2) is 14.4 Å². The number of ether oxygens (including phenoxy) is 8. The van der Waals surface area contributed by atoms with E-state index in [9.17, 15) is 14.4 Å². The highest BCUT2D eigenvalue weighted by atomic mass is 16.7. The second-order valence-corrected chi connectivity index (χ2v) is 18.6. The summed E-state index contributed by atoms with van der Waals surface area (Å²) in [6.45, 7) is 10.5. The van der Waals surface area contributed by atoms with Crippen LogP contribution in [-0.2, 0) is 62.5 Å². The molecular weight excluding hydrogens is 853 g/mol. The van der Waals surface area contributed by atoms with E-state index in [1.54, 1.807) is 41.5 Å². The van der Waals surface area contributed by atoms with E-state index in [2.05, 4.69) is 34.9 Å². The molecule has 5 aromatic rings. The fraction of sp³-hybridized carbons (Fsp3) is 0.389. The van der Waals surface area contributed by atoms with E-state index >= 15 is 0 Å². The van der Waals surface area contributed by atoms with Gasteiger partial charge in [0.25, 0.3) is 0 Å². The van der Waals surface area contributed by atoms with Crippen molar-refractivity contribution >= 4 is 18.2 Å². The number of benzene rings is 5. The summed E-state index contributed by atoms with van der Waals surface area (Å²) in [5.41, 5.74) is 5.26. The van der Waals surface area contributed by atoms with Crippen molar-refractivity contribution in [1.29, 1.82) is 0 Å². The van der Waals surface area contributed by atoms with Crippen LogP contribution in [0.1, 0.15) is 75.3 Å². The van der Waals surface area contributed by atoms with Gasteiger partial charge in [-0.1, -0.05) is 140 Å². The van der Waals surface area contributed by atoms with Gasteiger partial charge in [-0.15, -0.1) is 0 Å². The number of carbonyl (C=O) groups is 3. The minimum absolute atomic E-state index is 0.0305. The summed E-state index contributed by atoms with van der Waals surface area (Å²) >= 11 is 0. The summed E-state index contributed by atoms with van der Waals surface area (Å²) < 4.78 is 50.6. The molecule has 0 saturated carbocycles. The van der Waals surface area contributed by atoms with Crippen LogP contribution >= 0.6 is 0 Å². The first-order valence-electron chi connectivity index (χ1n) is 22.7. The predicted octanol–water partition coefficient (Wildman–Crippen LogP) is 9.26. The molecule has 0 aromatic heterocycles. The minimum atomic E-state index is -1.35. The fourth-order valence-electron chi connectivity index (χ4n) is 8.09. The molecule has 2 N–H and O–H groups in total. The molecule has 13 nitrogen and oxygen atoms in total. The van der Waals surface area contributed by atoms with Crippen molar-refractivity contribution in [1.82, 2.24) is 10.6 Å². The molecule has 1 heterocycles. The van der Waals surface area contributed by atoms with Gasteiger partial charge in [0, 0.05) is 5.92 Å². The maximum absolute atomic E-state index is 14.3. The third-order valence-electron chi connectivity index (χ3n) is 11.0. The highest BCUT2D eigenvalue weighted by Gasteiger charge is 2.50. The molecule has 13 heteroatoms. The van der Waals surface area contributed by atoms with E-state index in [0.717, 1.165) is 38.9 Å². The molecule has 7 rings (SSSR count). The molecule has 2 aliphatic rings. The molecule has 0 radical (unpaired) electrons. The standard InChI is InChI=1S/C54H62N2O11/c1-53(2,3)66-49(57)44(55-52(59)67-54(4,5)6)34-63-50-46(56-51(58)64-33-43-41-28-18-16-26-39(41)40-27-17-19-29-42(40)43)48(62-32-38-24-14-9-15-25-38)47(61-31-37-22-12-8-13-23-37)45(65-50)35-60-30-36-20-10-7-11-21-36/h7-29,43-48,50H,30-35H2,1-6H3,(H,55,59)(H,56,58)/t44-,45+,46+,47-,48+,50-/m0/s1. The number of alkyl carbamates (subject to hydrolysis) is 2. The lowest BCUT2D eigenvalue weighted by Crippen LogP contribution is -2.66. The van der Waals surface area contributed by atoms with Crippen molar-refractivity contribution in [2.45, 2.75) is 115 Å². The van der Waals surface area contributed by atoms with Gasteiger partial charge < -0.3 is 48.5 Å². The van der Waals surface area contributed by atoms with Crippen LogP contribution in [0.4, 0.5) is 9.59 Å². The Balaban J connectivity index is 1.22. The molecule has 0 unspecified atom stereocenters. The molecule has 0 bridgehead atoms. The van der Waals surface area contributed by atoms with Gasteiger partial charge >= 0.3 is 18.2 Å². The lowest BCUT2D eigenvalue weighted by atomic mass is 9.96. The average molecular weight is 915 g/mol. The third-order valence-corrected chi connectivity index (χ3v) is 11.0. The first-order valence-corrected chi connectivity index (χ1v) is 22.7. The molecular formula is C54H62N2O11. The Kier molecular flexibility index (Phi) is 16.5. The summed E-state index contributed by atoms with van der Waals surface area (Å²) in [5, 5.41) is 5.65. The minimum Gasteiger partial charge on any atom is -0.458 e. The van der Waals surface area contributed by atoms with Gasteiger partial charge in [0.1, 0.15) is 42.2 Å². The Hall–Kier alpha value is -6.09. The second-order valence-electron chi connectivity index (χ2n) is 18.6. The van der Waals surface area contributed by atoms with E-state index in [-0.39, 0.29) is 39.0 Å². The molecule has 1 aliphatic carbocycles. The zero-order valence-corrected chi connectivity index (χ0v) is 39.1. The number of hydrogen-bond donors (Lipinski definition) is 2. The van der Waals surface area contributed by atoms with Gasteiger partial charge in [-0.2, -0.15) is 0 Å². The van der Waals surface area contributed by atoms with Crippen molar-refractivity contribution in [2.24, 2.45) is 0 Å². The number of amides is 2. The summed E-state index contributed by atoms with van der Waals surface area (Å²) in [6, 6.07) is 42.8. The SMILES string of the molecule is CC(C)(C)OC(=O)N[C@@H](CO[C@H]1O[C@H](COCc2ccccc2)[C@H](OCc2ccccc2)[C@H](OCc2ccccc2)[C@H]1NC(=O)OCC1c2ccccc2-c2ccccc21)C(=O)OC(C)(C)C. The molecule has 1 saturated heterocycles. The van der Waals surface area contributed by atoms with Gasteiger partial charge in [0.15, 0.2) is 12.3 Å². The Labute approximate surface area is 393 Å². The van der Waals surface area contributed by atoms with Crippen LogP contribution in [-0.4, -0.2) is 85.9 Å². The molecule has 5 aromatic carbocycles. The first-order chi connectivity index (χ1) is 32.2. The normalized spacial score (nSPS) is 19.6. The van der Waals surface area contributed by atoms with Gasteiger partial charge in [0.2, 0.25) is 0 Å². The molecule has 0 spiro atoms. The van der Waals surface area contributed by atoms with Gasteiger partial charge in [-0.05, 0) is 80.5 Å². The van der Waals surface area contributed by atoms with E-state index in [1.807, 2.05) is 115 Å². The molecule has 354 valence electrons. The van der Waals surface area contributed by atoms with Crippen molar-refractivity contribution in [3.63, 3.8) is 0 Å². The number of hydrogen-bond acceptors (Lipinski definition) is 11. The van der Waals surface area contributed by atoms with Gasteiger partial charge in [-0.3, -0.25) is 0 Å². The number of nitrogens with one attached hydrogen (secondary N) is 2. The van der Waals surface area contributed by atoms with Crippen LogP contribution in [0.15, 0.2) is 140 Å². The van der Waals surface area contributed by atoms with Crippen molar-refractivity contribution in [3.8, 4) is 11.1 Å². The van der Waals surface area contributed by atoms with Crippen LogP contribution in [0.25, 0.3) is 11.1 Å². The van der Waals surface area contributed by atoms with Crippen LogP contribution in [0.3, 0.4) is 0 Å². The van der Waals surface area contributed by atoms with Crippen LogP contribution in [0.5, 0.6) is 0 Å². The zero-order chi connectivity index (χ0) is 47.4. The third kappa shape index (κ3) is 14.0. The predicted molar refractivity (Wildman–Crippen MR) is 252 cm³/mol. The van der Waals surface area contributed by atoms with Crippen molar-refractivity contribution in [3.05, 3.63) is 167 Å². The van der Waals surface area contributed by atoms with Crippen LogP contribution in [0.2, 0.25) is 0 Å². The molecule has 67 heavy (non-hydrogen) atoms.